The molecule has 2 N–H and O–H groups in total. The fourth-order valence-corrected chi connectivity index (χ4v) is 3.63. The van der Waals surface area contributed by atoms with E-state index in [-0.39, 0.29) is 11.2 Å². The Morgan fingerprint density at radius 1 is 1.43 bits per heavy atom. The summed E-state index contributed by atoms with van der Waals surface area (Å²) in [6, 6.07) is 7.15. The fraction of sp³-hybridized carbons (Fsp3) is 0.308. The predicted octanol–water partition coefficient (Wildman–Crippen LogP) is 3.74. The van der Waals surface area contributed by atoms with E-state index in [1.54, 1.807) is 12.1 Å². The maximum atomic E-state index is 12.2. The van der Waals surface area contributed by atoms with Gasteiger partial charge in [-0.15, -0.1) is 10.2 Å². The number of para-hydroxylation sites is 1. The summed E-state index contributed by atoms with van der Waals surface area (Å²) in [6.07, 6.45) is 0. The smallest absolute Gasteiger partial charge is 0.237 e. The Hall–Kier alpha value is -1.31. The number of benzene rings is 1. The summed E-state index contributed by atoms with van der Waals surface area (Å²) >= 11 is 8.83. The van der Waals surface area contributed by atoms with Gasteiger partial charge in [-0.05, 0) is 26.0 Å². The molecule has 0 aliphatic carbocycles. The Bertz CT molecular complexity index is 620. The lowest BCUT2D eigenvalue weighted by Crippen LogP contribution is -2.22. The number of rotatable bonds is 6. The van der Waals surface area contributed by atoms with Gasteiger partial charge in [0.05, 0.1) is 16.0 Å². The van der Waals surface area contributed by atoms with Gasteiger partial charge in [0.2, 0.25) is 11.0 Å². The van der Waals surface area contributed by atoms with Crippen LogP contribution in [0.4, 0.5) is 10.8 Å². The number of hydrogen-bond donors (Lipinski definition) is 2. The molecule has 1 aromatic carbocycles. The fourth-order valence-electron chi connectivity index (χ4n) is 1.48. The number of anilines is 2. The Balaban J connectivity index is 1.94. The molecule has 1 unspecified atom stereocenters. The van der Waals surface area contributed by atoms with E-state index in [2.05, 4.69) is 20.8 Å². The van der Waals surface area contributed by atoms with Gasteiger partial charge in [0, 0.05) is 6.54 Å². The topological polar surface area (TPSA) is 66.9 Å². The maximum Gasteiger partial charge on any atom is 0.237 e. The zero-order chi connectivity index (χ0) is 15.2. The van der Waals surface area contributed by atoms with E-state index >= 15 is 0 Å². The van der Waals surface area contributed by atoms with E-state index in [0.717, 1.165) is 16.0 Å². The lowest BCUT2D eigenvalue weighted by molar-refractivity contribution is -0.115. The van der Waals surface area contributed by atoms with E-state index < -0.39 is 0 Å². The highest BCUT2D eigenvalue weighted by molar-refractivity contribution is 8.02. The van der Waals surface area contributed by atoms with Crippen LogP contribution in [0.15, 0.2) is 28.6 Å². The van der Waals surface area contributed by atoms with E-state index in [1.165, 1.54) is 23.1 Å². The van der Waals surface area contributed by atoms with E-state index in [1.807, 2.05) is 26.0 Å². The van der Waals surface area contributed by atoms with Crippen LogP contribution in [-0.2, 0) is 4.79 Å². The first-order valence-electron chi connectivity index (χ1n) is 6.39. The molecule has 1 heterocycles. The largest absolute Gasteiger partial charge is 0.360 e. The van der Waals surface area contributed by atoms with Crippen LogP contribution in [0.5, 0.6) is 0 Å². The summed E-state index contributed by atoms with van der Waals surface area (Å²) in [5, 5.41) is 14.9. The minimum atomic E-state index is -0.288. The Morgan fingerprint density at radius 2 is 2.19 bits per heavy atom. The average molecular weight is 343 g/mol. The van der Waals surface area contributed by atoms with Gasteiger partial charge in [-0.2, -0.15) is 0 Å². The highest BCUT2D eigenvalue weighted by atomic mass is 35.5. The van der Waals surface area contributed by atoms with Crippen molar-refractivity contribution in [2.24, 2.45) is 0 Å². The number of nitrogens with zero attached hydrogens (tertiary/aromatic N) is 2. The summed E-state index contributed by atoms with van der Waals surface area (Å²) in [6.45, 7) is 4.61. The molecule has 0 bridgehead atoms. The van der Waals surface area contributed by atoms with Crippen molar-refractivity contribution in [2.75, 3.05) is 17.2 Å². The number of thioether (sulfide) groups is 1. The SMILES string of the molecule is CCNc1nnc(SC(C)C(=O)Nc2ccccc2Cl)s1. The second-order valence-electron chi connectivity index (χ2n) is 4.13. The van der Waals surface area contributed by atoms with Crippen LogP contribution in [0.2, 0.25) is 5.02 Å². The summed E-state index contributed by atoms with van der Waals surface area (Å²) in [4.78, 5) is 12.2. The first-order chi connectivity index (χ1) is 10.1. The minimum Gasteiger partial charge on any atom is -0.360 e. The maximum absolute atomic E-state index is 12.2. The molecule has 112 valence electrons. The van der Waals surface area contributed by atoms with Gasteiger partial charge >= 0.3 is 0 Å². The monoisotopic (exact) mass is 342 g/mol. The van der Waals surface area contributed by atoms with Gasteiger partial charge < -0.3 is 10.6 Å². The van der Waals surface area contributed by atoms with Crippen LogP contribution >= 0.6 is 34.7 Å². The van der Waals surface area contributed by atoms with Crippen LogP contribution in [-0.4, -0.2) is 27.9 Å². The molecule has 1 amide bonds. The number of nitrogens with one attached hydrogen (secondary N) is 2. The molecular weight excluding hydrogens is 328 g/mol. The zero-order valence-electron chi connectivity index (χ0n) is 11.6. The Labute approximate surface area is 136 Å². The number of halogens is 1. The average Bonchev–Trinajstić information content (AvgIpc) is 2.89. The van der Waals surface area contributed by atoms with Crippen molar-refractivity contribution in [3.8, 4) is 0 Å². The molecule has 2 rings (SSSR count). The van der Waals surface area contributed by atoms with Gasteiger partial charge in [-0.3, -0.25) is 4.79 Å². The number of carbonyl (C=O) groups is 1. The molecule has 0 aliphatic rings. The normalized spacial score (nSPS) is 12.0. The van der Waals surface area contributed by atoms with Gasteiger partial charge in [-0.1, -0.05) is 46.8 Å². The van der Waals surface area contributed by atoms with Crippen LogP contribution in [0.3, 0.4) is 0 Å². The molecule has 0 saturated carbocycles. The zero-order valence-corrected chi connectivity index (χ0v) is 14.0. The lowest BCUT2D eigenvalue weighted by Gasteiger charge is -2.11. The molecule has 5 nitrogen and oxygen atoms in total. The second kappa shape index (κ2) is 7.63. The summed E-state index contributed by atoms with van der Waals surface area (Å²) in [5.74, 6) is -0.117. The molecule has 2 aromatic rings. The van der Waals surface area contributed by atoms with E-state index in [0.29, 0.717) is 10.7 Å². The van der Waals surface area contributed by atoms with Crippen LogP contribution in [0.25, 0.3) is 0 Å². The van der Waals surface area contributed by atoms with Crippen molar-refractivity contribution in [3.63, 3.8) is 0 Å². The molecule has 0 saturated heterocycles. The number of hydrogen-bond acceptors (Lipinski definition) is 6. The molecule has 21 heavy (non-hydrogen) atoms. The summed E-state index contributed by atoms with van der Waals surface area (Å²) in [7, 11) is 0. The van der Waals surface area contributed by atoms with E-state index in [9.17, 15) is 4.79 Å². The quantitative estimate of drug-likeness (QED) is 0.783. The third kappa shape index (κ3) is 4.59. The molecule has 1 aromatic heterocycles. The highest BCUT2D eigenvalue weighted by Crippen LogP contribution is 2.30. The summed E-state index contributed by atoms with van der Waals surface area (Å²) in [5.41, 5.74) is 0.613. The molecule has 0 fully saturated rings. The van der Waals surface area contributed by atoms with Crippen molar-refractivity contribution >= 4 is 51.4 Å². The first kappa shape index (κ1) is 16.1. The van der Waals surface area contributed by atoms with Crippen molar-refractivity contribution in [1.82, 2.24) is 10.2 Å². The van der Waals surface area contributed by atoms with Crippen molar-refractivity contribution < 1.29 is 4.79 Å². The summed E-state index contributed by atoms with van der Waals surface area (Å²) < 4.78 is 0.757. The van der Waals surface area contributed by atoms with Gasteiger partial charge in [-0.25, -0.2) is 0 Å². The van der Waals surface area contributed by atoms with E-state index in [4.69, 9.17) is 11.6 Å². The van der Waals surface area contributed by atoms with Crippen LogP contribution in [0, 0.1) is 0 Å². The van der Waals surface area contributed by atoms with Gasteiger partial charge in [0.1, 0.15) is 0 Å². The minimum absolute atomic E-state index is 0.117. The molecule has 0 spiro atoms. The second-order valence-corrected chi connectivity index (χ2v) is 7.11. The third-order valence-corrected chi connectivity index (χ3v) is 4.91. The molecule has 1 atom stereocenters. The number of carbonyl (C=O) groups excluding carboxylic acids is 1. The third-order valence-electron chi connectivity index (χ3n) is 2.51. The highest BCUT2D eigenvalue weighted by Gasteiger charge is 2.18. The van der Waals surface area contributed by atoms with Crippen LogP contribution in [0.1, 0.15) is 13.8 Å². The van der Waals surface area contributed by atoms with Gasteiger partial charge in [0.25, 0.3) is 0 Å². The molecular formula is C13H15ClN4OS2. The molecule has 0 radical (unpaired) electrons. The van der Waals surface area contributed by atoms with Crippen molar-refractivity contribution in [1.29, 1.82) is 0 Å². The lowest BCUT2D eigenvalue weighted by atomic mass is 10.3. The molecule has 0 aliphatic heterocycles. The molecule has 8 heteroatoms. The number of amides is 1. The van der Waals surface area contributed by atoms with Crippen LogP contribution < -0.4 is 10.6 Å². The van der Waals surface area contributed by atoms with Gasteiger partial charge in [0.15, 0.2) is 4.34 Å². The Kier molecular flexibility index (Phi) is 5.84. The number of aromatic nitrogens is 2. The standard InChI is InChI=1S/C13H15ClN4OS2/c1-3-15-12-17-18-13(21-12)20-8(2)11(19)16-10-7-5-4-6-9(10)14/h4-8H,3H2,1-2H3,(H,15,17)(H,16,19). The first-order valence-corrected chi connectivity index (χ1v) is 8.47. The Morgan fingerprint density at radius 3 is 2.90 bits per heavy atom. The van der Waals surface area contributed by atoms with Crippen molar-refractivity contribution in [3.05, 3.63) is 29.3 Å². The predicted molar refractivity (Wildman–Crippen MR) is 89.5 cm³/mol. The van der Waals surface area contributed by atoms with Crippen molar-refractivity contribution in [2.45, 2.75) is 23.4 Å².